The Balaban J connectivity index is 0. The van der Waals surface area contributed by atoms with Crippen LogP contribution >= 0.6 is 0 Å². The van der Waals surface area contributed by atoms with Gasteiger partial charge in [-0.05, 0) is 85.3 Å². The number of hydrogen-bond acceptors (Lipinski definition) is 14. The molecule has 0 radical (unpaired) electrons. The monoisotopic (exact) mass is 2130 g/mol. The van der Waals surface area contributed by atoms with Crippen LogP contribution in [0.2, 0.25) is 0 Å². The van der Waals surface area contributed by atoms with Crippen LogP contribution in [0.5, 0.6) is 17.2 Å². The number of alkyl halides is 15. The molecule has 412 valence electrons. The zero-order chi connectivity index (χ0) is 54.5. The summed E-state index contributed by atoms with van der Waals surface area (Å²) in [5.41, 5.74) is 4.87. The van der Waals surface area contributed by atoms with Crippen LogP contribution in [0.1, 0.15) is 52.8 Å². The van der Waals surface area contributed by atoms with Crippen molar-refractivity contribution in [2.45, 2.75) is 89.8 Å². The number of aromatic hydroxyl groups is 3. The molecule has 1 aromatic heterocycles. The molecule has 14 nitrogen and oxygen atoms in total. The first-order valence-electron chi connectivity index (χ1n) is 20.7. The summed E-state index contributed by atoms with van der Waals surface area (Å²) in [7, 11) is 0. The molecule has 0 fully saturated rings. The standard InChI is InChI=1S/C28H30N4O4.C15H17F15O6.4Rf/c1-17-12-20(4-7-23(17)34)15-26-29-27(16-21-5-8-24(35)18(2)13-21)31-28(30-26)32(10-11-33)22-6-9-25(36)19(3)14-22;1-2-3-31-4-9(16,17)34-10(18,19)5-32-6-11(20,21)35-12(22,23)7-33-8-13(24,25)36-15(29,30)14(26,27)28;;;;/h4-9,12-14,33-36H,10-11,15-16H2,1-3H3;2-8H2,1H3;;;;. The second-order valence-electron chi connectivity index (χ2n) is 15.5. The Hall–Kier alpha value is -9.46. The zero-order valence-electron chi connectivity index (χ0n) is 41.0. The van der Waals surface area contributed by atoms with Crippen molar-refractivity contribution in [2.24, 2.45) is 0 Å². The fraction of sp³-hybridized carbons (Fsp3) is 0.512. The first-order valence-corrected chi connectivity index (χ1v) is 20.7. The summed E-state index contributed by atoms with van der Waals surface area (Å²) in [5.74, 6) is 2.14. The molecular weight excluding hydrogens is 2090 g/mol. The quantitative estimate of drug-likeness (QED) is 0.0345. The molecule has 0 aliphatic rings. The van der Waals surface area contributed by atoms with Crippen LogP contribution < -0.4 is 4.90 Å². The summed E-state index contributed by atoms with van der Waals surface area (Å²) < 4.78 is 211. The molecule has 3 aromatic carbocycles. The summed E-state index contributed by atoms with van der Waals surface area (Å²) in [6, 6.07) is 16.0. The molecule has 0 unspecified atom stereocenters. The van der Waals surface area contributed by atoms with Crippen molar-refractivity contribution >= 4 is 11.6 Å². The van der Waals surface area contributed by atoms with Gasteiger partial charge in [-0.25, -0.2) is 9.72 Å². The number of aryl methyl sites for hydroxylation is 3. The Kier molecular flexibility index (Phi) is 24.4. The summed E-state index contributed by atoms with van der Waals surface area (Å²) in [5, 5.41) is 39.6. The van der Waals surface area contributed by atoms with E-state index in [9.17, 15) is 86.3 Å². The van der Waals surface area contributed by atoms with Gasteiger partial charge in [0.05, 0.1) is 6.61 Å². The number of ether oxygens (including phenoxy) is 6. The molecule has 4 rings (SSSR count). The number of hydrogen-bond donors (Lipinski definition) is 4. The van der Waals surface area contributed by atoms with Crippen molar-refractivity contribution in [3.05, 3.63) is 94.1 Å². The Bertz CT molecular complexity index is 2320. The number of anilines is 2. The molecule has 0 spiro atoms. The van der Waals surface area contributed by atoms with E-state index in [-0.39, 0.29) is 43.4 Å². The van der Waals surface area contributed by atoms with Gasteiger partial charge >= 0.3 is 42.8 Å². The van der Waals surface area contributed by atoms with E-state index in [1.165, 1.54) is 6.92 Å². The predicted molar refractivity (Wildman–Crippen MR) is 220 cm³/mol. The molecule has 4 aromatic rings. The Labute approximate surface area is 399 Å². The molecule has 0 aliphatic heterocycles. The van der Waals surface area contributed by atoms with E-state index < -0.39 is 75.9 Å². The maximum Gasteiger partial charge on any atom is 0.483 e. The van der Waals surface area contributed by atoms with Crippen molar-refractivity contribution in [1.82, 2.24) is 15.0 Å². The molecule has 0 saturated carbocycles. The summed E-state index contributed by atoms with van der Waals surface area (Å²) in [4.78, 5) is 16.0. The largest absolute Gasteiger partial charge is 0.508 e. The zero-order valence-corrected chi connectivity index (χ0v) is 66.6. The molecular formula is C43H47F15N4O10Rf4. The number of benzene rings is 3. The average molecular weight is 2130 g/mol. The summed E-state index contributed by atoms with van der Waals surface area (Å²) in [6.07, 6.45) is -37.6. The second kappa shape index (κ2) is 27.0. The van der Waals surface area contributed by atoms with Gasteiger partial charge < -0.3 is 39.5 Å². The van der Waals surface area contributed by atoms with Crippen molar-refractivity contribution in [3.63, 3.8) is 0 Å². The molecule has 33 heteroatoms. The normalized spacial score (nSPS) is 12.3. The fourth-order valence-corrected chi connectivity index (χ4v) is 5.75. The Morgan fingerprint density at radius 1 is 0.487 bits per heavy atom. The minimum Gasteiger partial charge on any atom is -0.508 e. The second-order valence-corrected chi connectivity index (χ2v) is 15.5. The van der Waals surface area contributed by atoms with Gasteiger partial charge in [-0.15, -0.1) is 0 Å². The van der Waals surface area contributed by atoms with Crippen LogP contribution in [0, 0.1) is 20.8 Å². The third-order valence-electron chi connectivity index (χ3n) is 8.92. The number of aliphatic hydroxyl groups excluding tert-OH is 1. The van der Waals surface area contributed by atoms with Crippen LogP contribution in [-0.4, -0.2) is 131 Å². The van der Waals surface area contributed by atoms with E-state index in [0.29, 0.717) is 36.0 Å². The van der Waals surface area contributed by atoms with Gasteiger partial charge in [0.1, 0.15) is 61.9 Å². The predicted octanol–water partition coefficient (Wildman–Crippen LogP) is 9.84. The van der Waals surface area contributed by atoms with Crippen LogP contribution in [-0.2, 0) is 41.3 Å². The number of aliphatic hydroxyl groups is 1. The van der Waals surface area contributed by atoms with Crippen molar-refractivity contribution in [2.75, 3.05) is 57.7 Å². The molecule has 4 N–H and O–H groups in total. The van der Waals surface area contributed by atoms with Crippen molar-refractivity contribution in [3.8, 4) is 17.2 Å². The number of phenolic OH excluding ortho intramolecular Hbond substituents is 3. The number of halogens is 15. The van der Waals surface area contributed by atoms with Gasteiger partial charge in [-0.1, -0.05) is 31.2 Å². The van der Waals surface area contributed by atoms with Crippen LogP contribution in [0.25, 0.3) is 0 Å². The van der Waals surface area contributed by atoms with E-state index in [1.54, 1.807) is 36.1 Å². The average Bonchev–Trinajstić information content (AvgIpc) is 3.22. The first kappa shape index (κ1) is 68.6. The van der Waals surface area contributed by atoms with Crippen LogP contribution in [0.3, 0.4) is 0 Å². The maximum absolute atomic E-state index is 13.3. The molecule has 0 aliphatic carbocycles. The molecule has 1 heterocycles. The third-order valence-corrected chi connectivity index (χ3v) is 8.92. The molecule has 0 atom stereocenters. The van der Waals surface area contributed by atoms with Crippen LogP contribution in [0.15, 0.2) is 54.6 Å². The third kappa shape index (κ3) is 21.7. The summed E-state index contributed by atoms with van der Waals surface area (Å²) in [6.45, 7) is -4.95. The molecule has 76 heavy (non-hydrogen) atoms. The van der Waals surface area contributed by atoms with Crippen molar-refractivity contribution in [1.29, 1.82) is 0 Å². The van der Waals surface area contributed by atoms with E-state index in [0.717, 1.165) is 27.9 Å². The number of phenols is 3. The van der Waals surface area contributed by atoms with E-state index >= 15 is 0 Å². The van der Waals surface area contributed by atoms with E-state index in [1.807, 2.05) is 44.2 Å². The maximum atomic E-state index is 13.3. The van der Waals surface area contributed by atoms with Gasteiger partial charge in [-0.2, -0.15) is 75.8 Å². The van der Waals surface area contributed by atoms with E-state index in [2.05, 4.69) is 28.4 Å². The van der Waals surface area contributed by atoms with E-state index in [4.69, 9.17) is 15.0 Å². The minimum atomic E-state index is -6.63. The van der Waals surface area contributed by atoms with Gasteiger partial charge in [0.2, 0.25) is 5.95 Å². The van der Waals surface area contributed by atoms with Gasteiger partial charge in [0.25, 0.3) is 0 Å². The number of nitrogens with zero attached hydrogens (tertiary/aromatic N) is 4. The smallest absolute Gasteiger partial charge is 0.483 e. The van der Waals surface area contributed by atoms with Crippen molar-refractivity contribution < 1.29 is 115 Å². The summed E-state index contributed by atoms with van der Waals surface area (Å²) >= 11 is 0. The Morgan fingerprint density at radius 2 is 0.842 bits per heavy atom. The Morgan fingerprint density at radius 3 is 1.18 bits per heavy atom. The first-order chi connectivity index (χ1) is 33.1. The fourth-order valence-electron chi connectivity index (χ4n) is 5.75. The number of aromatic nitrogens is 3. The molecule has 0 bridgehead atoms. The van der Waals surface area contributed by atoms with Gasteiger partial charge in [0.15, 0.2) is 0 Å². The number of rotatable bonds is 26. The SMILES string of the molecule is CCCOCC(F)(F)OC(F)(F)COCC(F)(F)OC(F)(F)COCC(F)(F)OC(F)(F)C(F)(F)F.Cc1cc(Cc2nc(Cc3ccc(O)c(C)c3)nc(N(CCO)c3ccc(O)c(C)c3)n2)ccc1O.[Rf].[Rf].[Rf].[Rf]. The van der Waals surface area contributed by atoms with Crippen LogP contribution in [0.4, 0.5) is 77.5 Å². The molecule has 0 amide bonds. The molecule has 0 saturated heterocycles. The van der Waals surface area contributed by atoms with Gasteiger partial charge in [0, 0.05) is 31.7 Å². The topological polar surface area (TPSA) is 178 Å². The van der Waals surface area contributed by atoms with Gasteiger partial charge in [-0.3, -0.25) is 9.47 Å². The minimum absolute atomic E-state index is 0.